The van der Waals surface area contributed by atoms with Crippen molar-refractivity contribution in [3.63, 3.8) is 0 Å². The van der Waals surface area contributed by atoms with E-state index >= 15 is 0 Å². The van der Waals surface area contributed by atoms with Gasteiger partial charge in [-0.1, -0.05) is 19.8 Å². The van der Waals surface area contributed by atoms with Crippen molar-refractivity contribution in [1.82, 2.24) is 14.7 Å². The van der Waals surface area contributed by atoms with E-state index in [0.29, 0.717) is 6.54 Å². The lowest BCUT2D eigenvalue weighted by atomic mass is 9.91. The van der Waals surface area contributed by atoms with Crippen molar-refractivity contribution in [2.75, 3.05) is 26.7 Å². The summed E-state index contributed by atoms with van der Waals surface area (Å²) in [5.74, 6) is 1.74. The van der Waals surface area contributed by atoms with E-state index in [9.17, 15) is 0 Å². The molecule has 1 aliphatic heterocycles. The van der Waals surface area contributed by atoms with Crippen LogP contribution in [0.2, 0.25) is 0 Å². The topological polar surface area (TPSA) is 56.3 Å². The van der Waals surface area contributed by atoms with Crippen LogP contribution in [0.3, 0.4) is 0 Å². The summed E-state index contributed by atoms with van der Waals surface area (Å²) in [6.07, 6.45) is 5.22. The summed E-state index contributed by atoms with van der Waals surface area (Å²) in [6, 6.07) is 0.219. The number of nitrogens with zero attached hydrogens (tertiary/aromatic N) is 3. The molecule has 1 aliphatic rings. The van der Waals surface area contributed by atoms with E-state index in [4.69, 9.17) is 10.5 Å². The Morgan fingerprint density at radius 1 is 1.38 bits per heavy atom. The van der Waals surface area contributed by atoms with Crippen LogP contribution < -0.4 is 10.5 Å². The minimum Gasteiger partial charge on any atom is -0.481 e. The van der Waals surface area contributed by atoms with Crippen molar-refractivity contribution in [3.05, 3.63) is 11.3 Å². The second kappa shape index (κ2) is 7.27. The Kier molecular flexibility index (Phi) is 5.65. The smallest absolute Gasteiger partial charge is 0.216 e. The molecule has 0 aromatic carbocycles. The molecule has 0 radical (unpaired) electrons. The predicted octanol–water partition coefficient (Wildman–Crippen LogP) is 2.25. The van der Waals surface area contributed by atoms with Gasteiger partial charge in [-0.05, 0) is 38.8 Å². The van der Waals surface area contributed by atoms with Crippen LogP contribution >= 0.6 is 0 Å². The molecule has 0 bridgehead atoms. The number of piperidine rings is 1. The third-order valence-corrected chi connectivity index (χ3v) is 4.75. The standard InChI is InChI=1S/C16H30N4O/c1-5-6-13-7-9-20(10-8-13)14(11-17)15-12(2)18-19(3)16(15)21-4/h13-14H,5-11,17H2,1-4H3. The first-order valence-corrected chi connectivity index (χ1v) is 8.13. The Labute approximate surface area is 128 Å². The van der Waals surface area contributed by atoms with Gasteiger partial charge in [-0.3, -0.25) is 4.90 Å². The first kappa shape index (κ1) is 16.3. The van der Waals surface area contributed by atoms with Gasteiger partial charge in [0.2, 0.25) is 5.88 Å². The molecule has 1 aromatic rings. The first-order chi connectivity index (χ1) is 10.1. The molecule has 1 fully saturated rings. The van der Waals surface area contributed by atoms with E-state index in [2.05, 4.69) is 16.9 Å². The summed E-state index contributed by atoms with van der Waals surface area (Å²) in [5.41, 5.74) is 8.29. The van der Waals surface area contributed by atoms with E-state index in [-0.39, 0.29) is 6.04 Å². The molecule has 2 N–H and O–H groups in total. The molecule has 1 saturated heterocycles. The Hall–Kier alpha value is -1.07. The number of nitrogens with two attached hydrogens (primary N) is 1. The van der Waals surface area contributed by atoms with Gasteiger partial charge in [0.1, 0.15) is 0 Å². The zero-order chi connectivity index (χ0) is 15.4. The lowest BCUT2D eigenvalue weighted by Gasteiger charge is -2.37. The minimum absolute atomic E-state index is 0.219. The van der Waals surface area contributed by atoms with Gasteiger partial charge in [-0.2, -0.15) is 5.10 Å². The number of aromatic nitrogens is 2. The van der Waals surface area contributed by atoms with Crippen LogP contribution in [0, 0.1) is 12.8 Å². The fraction of sp³-hybridized carbons (Fsp3) is 0.812. The monoisotopic (exact) mass is 294 g/mol. The molecule has 1 atom stereocenters. The molecule has 1 aromatic heterocycles. The van der Waals surface area contributed by atoms with E-state index in [1.807, 2.05) is 18.7 Å². The normalized spacial score (nSPS) is 18.9. The van der Waals surface area contributed by atoms with Crippen LogP contribution in [0.25, 0.3) is 0 Å². The summed E-state index contributed by atoms with van der Waals surface area (Å²) in [7, 11) is 3.64. The van der Waals surface area contributed by atoms with Crippen molar-refractivity contribution >= 4 is 0 Å². The third-order valence-electron chi connectivity index (χ3n) is 4.75. The third kappa shape index (κ3) is 3.40. The van der Waals surface area contributed by atoms with Crippen molar-refractivity contribution in [3.8, 4) is 5.88 Å². The van der Waals surface area contributed by atoms with Crippen LogP contribution in [0.5, 0.6) is 5.88 Å². The average Bonchev–Trinajstić information content (AvgIpc) is 2.76. The van der Waals surface area contributed by atoms with Crippen molar-refractivity contribution in [2.45, 2.75) is 45.6 Å². The molecule has 21 heavy (non-hydrogen) atoms. The Balaban J connectivity index is 2.14. The highest BCUT2D eigenvalue weighted by molar-refractivity contribution is 5.34. The summed E-state index contributed by atoms with van der Waals surface area (Å²) in [4.78, 5) is 2.51. The second-order valence-corrected chi connectivity index (χ2v) is 6.15. The van der Waals surface area contributed by atoms with Gasteiger partial charge in [0.15, 0.2) is 0 Å². The molecule has 0 aliphatic carbocycles. The zero-order valence-corrected chi connectivity index (χ0v) is 13.9. The van der Waals surface area contributed by atoms with Crippen LogP contribution in [0.4, 0.5) is 0 Å². The minimum atomic E-state index is 0.219. The number of ether oxygens (including phenoxy) is 1. The number of likely N-dealkylation sites (tertiary alicyclic amines) is 1. The lowest BCUT2D eigenvalue weighted by Crippen LogP contribution is -2.40. The van der Waals surface area contributed by atoms with Gasteiger partial charge in [0, 0.05) is 13.6 Å². The lowest BCUT2D eigenvalue weighted by molar-refractivity contribution is 0.129. The second-order valence-electron chi connectivity index (χ2n) is 6.15. The molecule has 0 saturated carbocycles. The van der Waals surface area contributed by atoms with Gasteiger partial charge in [-0.15, -0.1) is 0 Å². The molecule has 2 rings (SSSR count). The van der Waals surface area contributed by atoms with Gasteiger partial charge < -0.3 is 10.5 Å². The highest BCUT2D eigenvalue weighted by Crippen LogP contribution is 2.34. The highest BCUT2D eigenvalue weighted by Gasteiger charge is 2.30. The summed E-state index contributed by atoms with van der Waals surface area (Å²) in [5, 5.41) is 4.50. The SMILES string of the molecule is CCCC1CCN(C(CN)c2c(C)nn(C)c2OC)CC1. The molecule has 1 unspecified atom stereocenters. The number of hydrogen-bond acceptors (Lipinski definition) is 4. The number of hydrogen-bond donors (Lipinski definition) is 1. The average molecular weight is 294 g/mol. The highest BCUT2D eigenvalue weighted by atomic mass is 16.5. The number of methoxy groups -OCH3 is 1. The molecule has 5 heteroatoms. The van der Waals surface area contributed by atoms with Crippen molar-refractivity contribution < 1.29 is 4.74 Å². The summed E-state index contributed by atoms with van der Waals surface area (Å²) in [6.45, 7) is 7.19. The van der Waals surface area contributed by atoms with Gasteiger partial charge >= 0.3 is 0 Å². The van der Waals surface area contributed by atoms with Gasteiger partial charge in [-0.25, -0.2) is 4.68 Å². The Bertz CT molecular complexity index is 449. The molecule has 0 amide bonds. The van der Waals surface area contributed by atoms with Crippen LogP contribution in [0.1, 0.15) is 49.9 Å². The van der Waals surface area contributed by atoms with Crippen molar-refractivity contribution in [2.24, 2.45) is 18.7 Å². The first-order valence-electron chi connectivity index (χ1n) is 8.13. The maximum absolute atomic E-state index is 6.10. The Morgan fingerprint density at radius 2 is 2.05 bits per heavy atom. The van der Waals surface area contributed by atoms with Crippen LogP contribution in [-0.4, -0.2) is 41.4 Å². The fourth-order valence-electron chi connectivity index (χ4n) is 3.69. The molecule has 2 heterocycles. The van der Waals surface area contributed by atoms with Gasteiger partial charge in [0.25, 0.3) is 0 Å². The van der Waals surface area contributed by atoms with Gasteiger partial charge in [0.05, 0.1) is 24.4 Å². The zero-order valence-electron chi connectivity index (χ0n) is 13.9. The number of aryl methyl sites for hydroxylation is 2. The van der Waals surface area contributed by atoms with E-state index in [0.717, 1.165) is 36.1 Å². The summed E-state index contributed by atoms with van der Waals surface area (Å²) >= 11 is 0. The van der Waals surface area contributed by atoms with E-state index < -0.39 is 0 Å². The maximum Gasteiger partial charge on any atom is 0.216 e. The molecular formula is C16H30N4O. The van der Waals surface area contributed by atoms with Crippen LogP contribution in [-0.2, 0) is 7.05 Å². The summed E-state index contributed by atoms with van der Waals surface area (Å²) < 4.78 is 7.37. The largest absolute Gasteiger partial charge is 0.481 e. The molecular weight excluding hydrogens is 264 g/mol. The molecule has 5 nitrogen and oxygen atoms in total. The number of rotatable bonds is 6. The molecule has 0 spiro atoms. The van der Waals surface area contributed by atoms with E-state index in [1.165, 1.54) is 25.7 Å². The van der Waals surface area contributed by atoms with Crippen LogP contribution in [0.15, 0.2) is 0 Å². The quantitative estimate of drug-likeness (QED) is 0.874. The fourth-order valence-corrected chi connectivity index (χ4v) is 3.69. The van der Waals surface area contributed by atoms with Crippen molar-refractivity contribution in [1.29, 1.82) is 0 Å². The molecule has 120 valence electrons. The van der Waals surface area contributed by atoms with E-state index in [1.54, 1.807) is 7.11 Å². The predicted molar refractivity (Wildman–Crippen MR) is 85.5 cm³/mol. The Morgan fingerprint density at radius 3 is 2.57 bits per heavy atom. The maximum atomic E-state index is 6.10.